The molecular formula is C14H15NO3S. The van der Waals surface area contributed by atoms with Crippen LogP contribution in [-0.4, -0.2) is 17.5 Å². The summed E-state index contributed by atoms with van der Waals surface area (Å²) in [6.45, 7) is 7.00. The topological polar surface area (TPSA) is 59.3 Å². The van der Waals surface area contributed by atoms with E-state index in [9.17, 15) is 8.42 Å². The van der Waals surface area contributed by atoms with E-state index in [1.54, 1.807) is 18.3 Å². The fourth-order valence-corrected chi connectivity index (χ4v) is 2.05. The highest BCUT2D eigenvalue weighted by atomic mass is 32.2. The highest BCUT2D eigenvalue weighted by Crippen LogP contribution is 2.15. The lowest BCUT2D eigenvalue weighted by Crippen LogP contribution is -1.99. The Morgan fingerprint density at radius 1 is 1.05 bits per heavy atom. The molecule has 0 spiro atoms. The van der Waals surface area contributed by atoms with Crippen molar-refractivity contribution < 1.29 is 13.0 Å². The van der Waals surface area contributed by atoms with Crippen LogP contribution in [0.15, 0.2) is 66.8 Å². The van der Waals surface area contributed by atoms with E-state index in [1.165, 1.54) is 18.2 Å². The number of hydrogen-bond donors (Lipinski definition) is 1. The Hall–Kier alpha value is -2.11. The van der Waals surface area contributed by atoms with Gasteiger partial charge in [-0.05, 0) is 23.8 Å². The molecule has 0 unspecified atom stereocenters. The Morgan fingerprint density at radius 3 is 2.00 bits per heavy atom. The number of benzene rings is 1. The van der Waals surface area contributed by atoms with Crippen LogP contribution < -0.4 is 0 Å². The van der Waals surface area contributed by atoms with E-state index in [4.69, 9.17) is 4.55 Å². The first-order valence-electron chi connectivity index (χ1n) is 5.43. The summed E-state index contributed by atoms with van der Waals surface area (Å²) in [5.41, 5.74) is 0.403. The third-order valence-electron chi connectivity index (χ3n) is 2.26. The number of rotatable bonds is 3. The molecule has 0 fully saturated rings. The smallest absolute Gasteiger partial charge is 0.295 e. The molecule has 0 saturated carbocycles. The van der Waals surface area contributed by atoms with Crippen molar-refractivity contribution in [1.29, 1.82) is 0 Å². The van der Waals surface area contributed by atoms with Gasteiger partial charge in [0.2, 0.25) is 0 Å². The SMILES string of the molecule is C=Cc1ccccc1S(=O)(=O)O.C=Cn1cccc1. The molecule has 0 aliphatic heterocycles. The molecule has 19 heavy (non-hydrogen) atoms. The molecule has 0 atom stereocenters. The molecule has 5 heteroatoms. The molecule has 1 aromatic carbocycles. The van der Waals surface area contributed by atoms with Gasteiger partial charge in [-0.2, -0.15) is 8.42 Å². The molecule has 1 heterocycles. The summed E-state index contributed by atoms with van der Waals surface area (Å²) in [7, 11) is -4.12. The maximum atomic E-state index is 10.7. The molecule has 0 aliphatic rings. The Labute approximate surface area is 113 Å². The molecule has 0 saturated heterocycles. The van der Waals surface area contributed by atoms with Crippen LogP contribution in [0.3, 0.4) is 0 Å². The zero-order valence-corrected chi connectivity index (χ0v) is 11.1. The Kier molecular flexibility index (Phi) is 5.29. The Morgan fingerprint density at radius 2 is 1.63 bits per heavy atom. The van der Waals surface area contributed by atoms with Gasteiger partial charge in [-0.25, -0.2) is 0 Å². The van der Waals surface area contributed by atoms with Crippen molar-refractivity contribution in [2.24, 2.45) is 0 Å². The number of nitrogens with zero attached hydrogens (tertiary/aromatic N) is 1. The lowest BCUT2D eigenvalue weighted by atomic mass is 10.2. The van der Waals surface area contributed by atoms with E-state index in [0.29, 0.717) is 5.56 Å². The zero-order valence-electron chi connectivity index (χ0n) is 10.3. The van der Waals surface area contributed by atoms with Crippen LogP contribution in [0.5, 0.6) is 0 Å². The summed E-state index contributed by atoms with van der Waals surface area (Å²) < 4.78 is 32.1. The Bertz CT molecular complexity index is 643. The van der Waals surface area contributed by atoms with E-state index < -0.39 is 10.1 Å². The minimum absolute atomic E-state index is 0.111. The maximum Gasteiger partial charge on any atom is 0.295 e. The molecule has 4 nitrogen and oxygen atoms in total. The van der Waals surface area contributed by atoms with Gasteiger partial charge in [0.05, 0.1) is 0 Å². The lowest BCUT2D eigenvalue weighted by Gasteiger charge is -2.00. The second kappa shape index (κ2) is 6.72. The predicted molar refractivity (Wildman–Crippen MR) is 77.2 cm³/mol. The third kappa shape index (κ3) is 4.57. The molecule has 0 bridgehead atoms. The van der Waals surface area contributed by atoms with Crippen molar-refractivity contribution in [3.05, 3.63) is 67.5 Å². The van der Waals surface area contributed by atoms with Crippen LogP contribution in [0, 0.1) is 0 Å². The first-order chi connectivity index (χ1) is 8.99. The van der Waals surface area contributed by atoms with Gasteiger partial charge >= 0.3 is 0 Å². The highest BCUT2D eigenvalue weighted by Gasteiger charge is 2.11. The van der Waals surface area contributed by atoms with Gasteiger partial charge in [0.1, 0.15) is 4.90 Å². The van der Waals surface area contributed by atoms with Crippen molar-refractivity contribution in [1.82, 2.24) is 4.57 Å². The molecule has 2 aromatic rings. The van der Waals surface area contributed by atoms with Gasteiger partial charge < -0.3 is 4.57 Å². The minimum atomic E-state index is -4.12. The van der Waals surface area contributed by atoms with Crippen LogP contribution in [0.1, 0.15) is 5.56 Å². The molecule has 0 amide bonds. The van der Waals surface area contributed by atoms with Gasteiger partial charge in [0.25, 0.3) is 10.1 Å². The van der Waals surface area contributed by atoms with Crippen LogP contribution in [0.2, 0.25) is 0 Å². The van der Waals surface area contributed by atoms with E-state index in [2.05, 4.69) is 13.2 Å². The molecule has 0 aliphatic carbocycles. The second-order valence-corrected chi connectivity index (χ2v) is 4.92. The second-order valence-electron chi connectivity index (χ2n) is 3.53. The lowest BCUT2D eigenvalue weighted by molar-refractivity contribution is 0.483. The van der Waals surface area contributed by atoms with E-state index >= 15 is 0 Å². The molecule has 100 valence electrons. The number of hydrogen-bond acceptors (Lipinski definition) is 2. The largest absolute Gasteiger partial charge is 0.331 e. The van der Waals surface area contributed by atoms with Crippen molar-refractivity contribution >= 4 is 22.4 Å². The van der Waals surface area contributed by atoms with Gasteiger partial charge in [-0.3, -0.25) is 4.55 Å². The van der Waals surface area contributed by atoms with E-state index in [0.717, 1.165) is 0 Å². The quantitative estimate of drug-likeness (QED) is 0.877. The summed E-state index contributed by atoms with van der Waals surface area (Å²) >= 11 is 0. The van der Waals surface area contributed by atoms with Crippen molar-refractivity contribution in [3.63, 3.8) is 0 Å². The van der Waals surface area contributed by atoms with Gasteiger partial charge in [0.15, 0.2) is 0 Å². The van der Waals surface area contributed by atoms with Crippen LogP contribution in [0.25, 0.3) is 12.3 Å². The molecular weight excluding hydrogens is 262 g/mol. The van der Waals surface area contributed by atoms with Crippen LogP contribution in [-0.2, 0) is 10.1 Å². The standard InChI is InChI=1S/C8H8O3S.C6H7N/c1-2-7-5-3-4-6-8(7)12(9,10)11;1-2-7-5-3-4-6-7/h2-6H,1H2,(H,9,10,11);2-6H,1H2. The normalized spacial score (nSPS) is 10.2. The predicted octanol–water partition coefficient (Wildman–Crippen LogP) is 3.16. The summed E-state index contributed by atoms with van der Waals surface area (Å²) in [5.74, 6) is 0. The first kappa shape index (κ1) is 14.9. The van der Waals surface area contributed by atoms with Crippen molar-refractivity contribution in [3.8, 4) is 0 Å². The zero-order chi connectivity index (χ0) is 14.3. The fraction of sp³-hybridized carbons (Fsp3) is 0. The highest BCUT2D eigenvalue weighted by molar-refractivity contribution is 7.85. The first-order valence-corrected chi connectivity index (χ1v) is 6.87. The third-order valence-corrected chi connectivity index (χ3v) is 3.18. The molecule has 2 rings (SSSR count). The van der Waals surface area contributed by atoms with Crippen molar-refractivity contribution in [2.45, 2.75) is 4.90 Å². The summed E-state index contributed by atoms with van der Waals surface area (Å²) in [6.07, 6.45) is 7.00. The van der Waals surface area contributed by atoms with Gasteiger partial charge in [-0.1, -0.05) is 37.4 Å². The monoisotopic (exact) mass is 277 g/mol. The molecule has 1 N–H and O–H groups in total. The van der Waals surface area contributed by atoms with E-state index in [-0.39, 0.29) is 4.90 Å². The van der Waals surface area contributed by atoms with E-state index in [1.807, 2.05) is 29.1 Å². The van der Waals surface area contributed by atoms with Crippen LogP contribution >= 0.6 is 0 Å². The Balaban J connectivity index is 0.000000218. The summed E-state index contributed by atoms with van der Waals surface area (Å²) in [5, 5.41) is 0. The summed E-state index contributed by atoms with van der Waals surface area (Å²) in [6, 6.07) is 10.0. The molecule has 0 radical (unpaired) electrons. The van der Waals surface area contributed by atoms with Gasteiger partial charge in [0, 0.05) is 18.6 Å². The van der Waals surface area contributed by atoms with Gasteiger partial charge in [-0.15, -0.1) is 0 Å². The average molecular weight is 277 g/mol. The maximum absolute atomic E-state index is 10.7. The van der Waals surface area contributed by atoms with Crippen LogP contribution in [0.4, 0.5) is 0 Å². The van der Waals surface area contributed by atoms with Crippen molar-refractivity contribution in [2.75, 3.05) is 0 Å². The number of aromatic nitrogens is 1. The average Bonchev–Trinajstić information content (AvgIpc) is 2.91. The minimum Gasteiger partial charge on any atom is -0.331 e. The fourth-order valence-electron chi connectivity index (χ4n) is 1.35. The summed E-state index contributed by atoms with van der Waals surface area (Å²) in [4.78, 5) is -0.111. The molecule has 1 aromatic heterocycles.